The van der Waals surface area contributed by atoms with E-state index in [9.17, 15) is 19.0 Å². The van der Waals surface area contributed by atoms with E-state index in [2.05, 4.69) is 135 Å². The second-order valence-corrected chi connectivity index (χ2v) is 26.1. The van der Waals surface area contributed by atoms with E-state index in [0.29, 0.717) is 23.9 Å². The molecule has 3 unspecified atom stereocenters. The molecule has 1 N–H and O–H groups in total. The third-order valence-corrected chi connectivity index (χ3v) is 16.1. The van der Waals surface area contributed by atoms with E-state index in [1.54, 1.807) is 0 Å². The van der Waals surface area contributed by atoms with E-state index in [1.807, 2.05) is 33.3 Å². The molecule has 0 saturated heterocycles. The number of nitrogens with zero attached hydrogens (tertiary/aromatic N) is 1. The van der Waals surface area contributed by atoms with Gasteiger partial charge in [-0.25, -0.2) is 0 Å². The van der Waals surface area contributed by atoms with Crippen molar-refractivity contribution < 1.29 is 37.3 Å². The van der Waals surface area contributed by atoms with Crippen LogP contribution in [0.3, 0.4) is 0 Å². The van der Waals surface area contributed by atoms with Crippen molar-refractivity contribution in [1.29, 1.82) is 0 Å². The molecule has 0 fully saturated rings. The molecule has 0 aliphatic heterocycles. The van der Waals surface area contributed by atoms with Crippen molar-refractivity contribution >= 4 is 19.7 Å². The van der Waals surface area contributed by atoms with Crippen molar-refractivity contribution in [2.45, 2.75) is 309 Å². The van der Waals surface area contributed by atoms with Gasteiger partial charge in [-0.15, -0.1) is 0 Å². The summed E-state index contributed by atoms with van der Waals surface area (Å²) in [6.45, 7) is 6.69. The van der Waals surface area contributed by atoms with E-state index in [0.717, 1.165) is 122 Å². The number of likely N-dealkylation sites (N-methyl/N-ethyl adjacent to an activating group) is 1. The first-order valence-electron chi connectivity index (χ1n) is 35.3. The fourth-order valence-corrected chi connectivity index (χ4v) is 10.4. The molecule has 9 nitrogen and oxygen atoms in total. The quantitative estimate of drug-likeness (QED) is 0.0212. The molecular weight excluding hydrogens is 1080 g/mol. The lowest BCUT2D eigenvalue weighted by atomic mass is 10.0. The van der Waals surface area contributed by atoms with Crippen molar-refractivity contribution in [3.05, 3.63) is 122 Å². The summed E-state index contributed by atoms with van der Waals surface area (Å²) < 4.78 is 30.4. The van der Waals surface area contributed by atoms with Gasteiger partial charge in [0.25, 0.3) is 7.82 Å². The maximum absolute atomic E-state index is 13.6. The third-order valence-electron chi connectivity index (χ3n) is 15.1. The number of phosphoric ester groups is 1. The summed E-state index contributed by atoms with van der Waals surface area (Å²) in [5, 5.41) is 3.03. The minimum atomic E-state index is -4.72. The second kappa shape index (κ2) is 64.4. The summed E-state index contributed by atoms with van der Waals surface area (Å²) >= 11 is 0. The zero-order valence-corrected chi connectivity index (χ0v) is 57.4. The average Bonchev–Trinajstić information content (AvgIpc) is 3.69. The Bertz CT molecular complexity index is 1890. The number of carbonyl (C=O) groups excluding carboxylic acids is 2. The van der Waals surface area contributed by atoms with Gasteiger partial charge in [0, 0.05) is 12.8 Å². The third kappa shape index (κ3) is 64.9. The van der Waals surface area contributed by atoms with Crippen LogP contribution in [-0.2, 0) is 27.9 Å². The minimum absolute atomic E-state index is 0.0327. The molecule has 0 aromatic heterocycles. The molecule has 0 radical (unpaired) electrons. The van der Waals surface area contributed by atoms with Gasteiger partial charge < -0.3 is 28.5 Å². The van der Waals surface area contributed by atoms with E-state index in [4.69, 9.17) is 13.8 Å². The van der Waals surface area contributed by atoms with Crippen LogP contribution in [0.2, 0.25) is 0 Å². The number of hydrogen-bond acceptors (Lipinski definition) is 7. The maximum atomic E-state index is 13.6. The van der Waals surface area contributed by atoms with Crippen molar-refractivity contribution in [2.75, 3.05) is 40.9 Å². The molecule has 0 spiro atoms. The monoisotopic (exact) mass is 1220 g/mol. The zero-order valence-electron chi connectivity index (χ0n) is 56.5. The molecule has 0 bridgehead atoms. The van der Waals surface area contributed by atoms with Crippen LogP contribution in [0, 0.1) is 0 Å². The number of hydrogen-bond donors (Lipinski definition) is 1. The standard InChI is InChI=1S/C76H133N2O7P/c1-7-10-13-16-19-22-25-28-30-32-34-36-38-39-41-42-44-46-48-50-53-56-59-62-65-68-75(79)77-73(72-84-86(81,82)83-71-70-78(4,5)6)74(67-64-61-58-55-52-27-24-21-18-15-12-9-3)85-76(80)69-66-63-60-57-54-51-49-47-45-43-40-37-35-33-31-29-26-23-20-17-14-11-8-2/h11,14,19-20,22-23,28-31,34-37,43,45,49,51,64,67,73-74H,7-10,12-13,15-18,21,24-27,32-33,38-42,44,46-48,50,52-63,65-66,68-72H2,1-6H3,(H-,77,79,81,82)/b14-11-,22-19-,23-20-,30-28-,31-29-,36-34-,37-35-,45-43-,51-49-,67-64+. The molecule has 86 heavy (non-hydrogen) atoms. The highest BCUT2D eigenvalue weighted by Gasteiger charge is 2.27. The summed E-state index contributed by atoms with van der Waals surface area (Å²) in [5.74, 6) is -0.574. The lowest BCUT2D eigenvalue weighted by Gasteiger charge is -2.30. The van der Waals surface area contributed by atoms with Crippen molar-refractivity contribution in [1.82, 2.24) is 5.32 Å². The van der Waals surface area contributed by atoms with Crippen molar-refractivity contribution in [3.63, 3.8) is 0 Å². The predicted octanol–water partition coefficient (Wildman–Crippen LogP) is 22.0. The van der Waals surface area contributed by atoms with Crippen LogP contribution >= 0.6 is 7.82 Å². The summed E-state index contributed by atoms with van der Waals surface area (Å²) in [6.07, 6.45) is 90.3. The maximum Gasteiger partial charge on any atom is 0.306 e. The number of ether oxygens (including phenoxy) is 1. The summed E-state index contributed by atoms with van der Waals surface area (Å²) in [6, 6.07) is -0.909. The molecule has 0 rings (SSSR count). The molecule has 0 aliphatic rings. The Morgan fingerprint density at radius 3 is 1.14 bits per heavy atom. The molecule has 0 aromatic carbocycles. The molecular formula is C76H133N2O7P. The van der Waals surface area contributed by atoms with Gasteiger partial charge in [-0.2, -0.15) is 0 Å². The Balaban J connectivity index is 5.15. The SMILES string of the molecule is CC/C=C\C/C=C\C/C=C\C/C=C\C/C=C\C/C=C\CCCCCCC(=O)OC(/C=C/CCCCCCCCCCCC)C(COP(=O)([O-])OCC[N+](C)(C)C)NC(=O)CCCCCCCCCCCCCC/C=C\C/C=C\C/C=C\CCCCC. The van der Waals surface area contributed by atoms with Gasteiger partial charge in [0.1, 0.15) is 19.3 Å². The van der Waals surface area contributed by atoms with Crippen molar-refractivity contribution in [3.8, 4) is 0 Å². The molecule has 0 aromatic rings. The van der Waals surface area contributed by atoms with Gasteiger partial charge in [-0.1, -0.05) is 284 Å². The number of carbonyl (C=O) groups is 2. The Labute approximate surface area is 531 Å². The number of quaternary nitrogens is 1. The zero-order chi connectivity index (χ0) is 62.8. The first-order chi connectivity index (χ1) is 41.9. The van der Waals surface area contributed by atoms with Gasteiger partial charge in [-0.05, 0) is 122 Å². The molecule has 1 amide bonds. The highest BCUT2D eigenvalue weighted by molar-refractivity contribution is 7.45. The lowest BCUT2D eigenvalue weighted by molar-refractivity contribution is -0.870. The highest BCUT2D eigenvalue weighted by atomic mass is 31.2. The Hall–Kier alpha value is -3.59. The van der Waals surface area contributed by atoms with Crippen LogP contribution in [0.5, 0.6) is 0 Å². The average molecular weight is 1220 g/mol. The van der Waals surface area contributed by atoms with Crippen LogP contribution in [0.15, 0.2) is 122 Å². The topological polar surface area (TPSA) is 114 Å². The molecule has 0 heterocycles. The van der Waals surface area contributed by atoms with E-state index in [1.165, 1.54) is 135 Å². The minimum Gasteiger partial charge on any atom is -0.756 e. The van der Waals surface area contributed by atoms with Crippen LogP contribution < -0.4 is 10.2 Å². The van der Waals surface area contributed by atoms with Gasteiger partial charge in [0.2, 0.25) is 5.91 Å². The predicted molar refractivity (Wildman–Crippen MR) is 371 cm³/mol. The second-order valence-electron chi connectivity index (χ2n) is 24.6. The van der Waals surface area contributed by atoms with E-state index in [-0.39, 0.29) is 24.9 Å². The number of esters is 1. The lowest BCUT2D eigenvalue weighted by Crippen LogP contribution is -2.47. The fourth-order valence-electron chi connectivity index (χ4n) is 9.71. The molecule has 3 atom stereocenters. The first-order valence-corrected chi connectivity index (χ1v) is 36.8. The number of amides is 1. The van der Waals surface area contributed by atoms with Gasteiger partial charge >= 0.3 is 5.97 Å². The van der Waals surface area contributed by atoms with Crippen LogP contribution in [0.1, 0.15) is 297 Å². The van der Waals surface area contributed by atoms with E-state index >= 15 is 0 Å². The molecule has 0 aliphatic carbocycles. The Morgan fingerprint density at radius 1 is 0.419 bits per heavy atom. The van der Waals surface area contributed by atoms with Crippen LogP contribution in [0.4, 0.5) is 0 Å². The fraction of sp³-hybridized carbons (Fsp3) is 0.711. The van der Waals surface area contributed by atoms with Crippen LogP contribution in [0.25, 0.3) is 0 Å². The number of rotatable bonds is 63. The number of allylic oxidation sites excluding steroid dienone is 19. The summed E-state index contributed by atoms with van der Waals surface area (Å²) in [5.41, 5.74) is 0. The van der Waals surface area contributed by atoms with Gasteiger partial charge in [-0.3, -0.25) is 14.2 Å². The summed E-state index contributed by atoms with van der Waals surface area (Å²) in [7, 11) is 1.16. The summed E-state index contributed by atoms with van der Waals surface area (Å²) in [4.78, 5) is 40.2. The Kier molecular flexibility index (Phi) is 61.7. The molecule has 0 saturated carbocycles. The molecule has 10 heteroatoms. The Morgan fingerprint density at radius 2 is 0.744 bits per heavy atom. The van der Waals surface area contributed by atoms with Crippen molar-refractivity contribution in [2.24, 2.45) is 0 Å². The number of unbranched alkanes of at least 4 members (excludes halogenated alkanes) is 29. The van der Waals surface area contributed by atoms with Gasteiger partial charge in [0.05, 0.1) is 33.8 Å². The smallest absolute Gasteiger partial charge is 0.306 e. The highest BCUT2D eigenvalue weighted by Crippen LogP contribution is 2.38. The number of nitrogens with one attached hydrogen (secondary N) is 1. The first kappa shape index (κ1) is 82.4. The molecule has 494 valence electrons. The normalized spacial score (nSPS) is 14.3. The van der Waals surface area contributed by atoms with Gasteiger partial charge in [0.15, 0.2) is 0 Å². The van der Waals surface area contributed by atoms with E-state index < -0.39 is 26.6 Å². The largest absolute Gasteiger partial charge is 0.756 e. The van der Waals surface area contributed by atoms with Crippen LogP contribution in [-0.4, -0.2) is 69.4 Å². The number of phosphoric acid groups is 1.